The van der Waals surface area contributed by atoms with Gasteiger partial charge in [0.15, 0.2) is 0 Å². The third kappa shape index (κ3) is 2.97. The molecule has 0 aliphatic rings. The van der Waals surface area contributed by atoms with Crippen LogP contribution >= 0.6 is 27.5 Å². The van der Waals surface area contributed by atoms with Crippen LogP contribution in [-0.4, -0.2) is 14.6 Å². The van der Waals surface area contributed by atoms with Crippen molar-refractivity contribution < 1.29 is 0 Å². The Morgan fingerprint density at radius 2 is 2.07 bits per heavy atom. The van der Waals surface area contributed by atoms with Crippen molar-refractivity contribution >= 4 is 27.5 Å². The fourth-order valence-corrected chi connectivity index (χ4v) is 1.93. The molecule has 0 amide bonds. The first-order valence-electron chi connectivity index (χ1n) is 5.33. The fraction of sp³-hybridized carbons (Fsp3) is 0.727. The summed E-state index contributed by atoms with van der Waals surface area (Å²) in [7, 11) is 0. The summed E-state index contributed by atoms with van der Waals surface area (Å²) >= 11 is 9.85. The molecule has 0 spiro atoms. The van der Waals surface area contributed by atoms with Crippen LogP contribution < -0.4 is 0 Å². The minimum Gasteiger partial charge on any atom is -0.268 e. The zero-order valence-corrected chi connectivity index (χ0v) is 12.1. The number of alkyl halides is 1. The normalized spacial score (nSPS) is 15.3. The van der Waals surface area contributed by atoms with Crippen molar-refractivity contribution in [1.29, 1.82) is 0 Å². The van der Waals surface area contributed by atoms with Gasteiger partial charge in [-0.2, -0.15) is 5.10 Å². The highest BCUT2D eigenvalue weighted by Gasteiger charge is 2.17. The van der Waals surface area contributed by atoms with E-state index in [1.807, 2.05) is 11.6 Å². The first-order chi connectivity index (χ1) is 6.97. The van der Waals surface area contributed by atoms with E-state index < -0.39 is 0 Å². The van der Waals surface area contributed by atoms with E-state index in [1.54, 1.807) is 0 Å². The summed E-state index contributed by atoms with van der Waals surface area (Å²) in [5.41, 5.74) is 2.10. The Kier molecular flexibility index (Phi) is 4.65. The summed E-state index contributed by atoms with van der Waals surface area (Å²) in [6, 6.07) is 0. The lowest BCUT2D eigenvalue weighted by molar-refractivity contribution is 0.530. The van der Waals surface area contributed by atoms with E-state index >= 15 is 0 Å². The van der Waals surface area contributed by atoms with Crippen LogP contribution in [0.4, 0.5) is 0 Å². The van der Waals surface area contributed by atoms with Gasteiger partial charge in [-0.3, -0.25) is 4.68 Å². The molecule has 15 heavy (non-hydrogen) atoms. The minimum absolute atomic E-state index is 0.495. The zero-order chi connectivity index (χ0) is 11.6. The summed E-state index contributed by atoms with van der Waals surface area (Å²) in [4.78, 5) is 0.495. The van der Waals surface area contributed by atoms with Gasteiger partial charge < -0.3 is 0 Å². The van der Waals surface area contributed by atoms with E-state index in [1.165, 1.54) is 0 Å². The second-order valence-corrected chi connectivity index (χ2v) is 5.84. The van der Waals surface area contributed by atoms with Gasteiger partial charge in [-0.05, 0) is 26.2 Å². The van der Waals surface area contributed by atoms with Crippen LogP contribution in [0.3, 0.4) is 0 Å². The van der Waals surface area contributed by atoms with Crippen LogP contribution in [-0.2, 0) is 13.0 Å². The number of hydrogen-bond donors (Lipinski definition) is 0. The summed E-state index contributed by atoms with van der Waals surface area (Å²) in [5.74, 6) is 0.559. The first kappa shape index (κ1) is 13.0. The van der Waals surface area contributed by atoms with Crippen molar-refractivity contribution in [2.45, 2.75) is 45.5 Å². The van der Waals surface area contributed by atoms with E-state index in [0.717, 1.165) is 29.4 Å². The van der Waals surface area contributed by atoms with E-state index in [9.17, 15) is 0 Å². The number of aryl methyl sites for hydroxylation is 2. The molecule has 0 aliphatic carbocycles. The Morgan fingerprint density at radius 3 is 2.53 bits per heavy atom. The van der Waals surface area contributed by atoms with Crippen molar-refractivity contribution in [1.82, 2.24) is 9.78 Å². The second-order valence-electron chi connectivity index (χ2n) is 4.02. The lowest BCUT2D eigenvalue weighted by Crippen LogP contribution is -2.13. The highest BCUT2D eigenvalue weighted by atomic mass is 79.9. The molecule has 2 unspecified atom stereocenters. The van der Waals surface area contributed by atoms with Gasteiger partial charge in [0, 0.05) is 11.4 Å². The molecule has 0 aliphatic heterocycles. The number of rotatable bonds is 4. The average molecular weight is 294 g/mol. The maximum Gasteiger partial charge on any atom is 0.0847 e. The molecule has 1 rings (SSSR count). The van der Waals surface area contributed by atoms with E-state index in [-0.39, 0.29) is 0 Å². The minimum atomic E-state index is 0.495. The van der Waals surface area contributed by atoms with E-state index in [2.05, 4.69) is 41.8 Å². The fourth-order valence-electron chi connectivity index (χ4n) is 1.53. The van der Waals surface area contributed by atoms with Crippen LogP contribution in [0.15, 0.2) is 0 Å². The number of halogens is 2. The van der Waals surface area contributed by atoms with Gasteiger partial charge in [0.2, 0.25) is 0 Å². The standard InChI is InChI=1S/C11H18BrClN2/c1-5-15-10(6-7(2)8(3)12)11(13)9(4)14-15/h7-8H,5-6H2,1-4H3. The van der Waals surface area contributed by atoms with E-state index in [0.29, 0.717) is 10.7 Å². The van der Waals surface area contributed by atoms with Crippen LogP contribution in [0.5, 0.6) is 0 Å². The van der Waals surface area contributed by atoms with Gasteiger partial charge in [0.25, 0.3) is 0 Å². The SMILES string of the molecule is CCn1nc(C)c(Cl)c1CC(C)C(C)Br. The maximum absolute atomic E-state index is 6.24. The predicted octanol–water partition coefficient (Wildman–Crippen LogP) is 3.83. The molecule has 0 saturated carbocycles. The lowest BCUT2D eigenvalue weighted by atomic mass is 10.0. The van der Waals surface area contributed by atoms with Gasteiger partial charge in [0.1, 0.15) is 0 Å². The first-order valence-corrected chi connectivity index (χ1v) is 6.62. The largest absolute Gasteiger partial charge is 0.268 e. The van der Waals surface area contributed by atoms with Crippen molar-refractivity contribution in [3.05, 3.63) is 16.4 Å². The third-order valence-corrected chi connectivity index (χ3v) is 4.15. The molecule has 1 aromatic heterocycles. The van der Waals surface area contributed by atoms with Crippen LogP contribution in [0, 0.1) is 12.8 Å². The van der Waals surface area contributed by atoms with E-state index in [4.69, 9.17) is 11.6 Å². The Labute approximate surface area is 105 Å². The molecule has 4 heteroatoms. The van der Waals surface area contributed by atoms with Gasteiger partial charge >= 0.3 is 0 Å². The second kappa shape index (κ2) is 5.35. The van der Waals surface area contributed by atoms with Crippen molar-refractivity contribution in [3.8, 4) is 0 Å². The van der Waals surface area contributed by atoms with Gasteiger partial charge in [-0.1, -0.05) is 41.4 Å². The molecule has 0 aromatic carbocycles. The average Bonchev–Trinajstić information content (AvgIpc) is 2.45. The molecule has 1 heterocycles. The Bertz CT molecular complexity index is 334. The van der Waals surface area contributed by atoms with Crippen molar-refractivity contribution in [2.75, 3.05) is 0 Å². The molecule has 0 N–H and O–H groups in total. The Balaban J connectivity index is 2.92. The number of hydrogen-bond acceptors (Lipinski definition) is 1. The highest BCUT2D eigenvalue weighted by Crippen LogP contribution is 2.25. The lowest BCUT2D eigenvalue weighted by Gasteiger charge is -2.14. The topological polar surface area (TPSA) is 17.8 Å². The molecule has 1 aromatic rings. The smallest absolute Gasteiger partial charge is 0.0847 e. The predicted molar refractivity (Wildman–Crippen MR) is 68.9 cm³/mol. The number of nitrogens with zero attached hydrogens (tertiary/aromatic N) is 2. The molecule has 2 nitrogen and oxygen atoms in total. The molecular formula is C11H18BrClN2. The maximum atomic E-state index is 6.24. The van der Waals surface area contributed by atoms with Crippen molar-refractivity contribution in [3.63, 3.8) is 0 Å². The summed E-state index contributed by atoms with van der Waals surface area (Å²) in [6.45, 7) is 9.32. The molecule has 0 radical (unpaired) electrons. The highest BCUT2D eigenvalue weighted by molar-refractivity contribution is 9.09. The number of aromatic nitrogens is 2. The van der Waals surface area contributed by atoms with Crippen LogP contribution in [0.25, 0.3) is 0 Å². The summed E-state index contributed by atoms with van der Waals surface area (Å²) < 4.78 is 2.00. The third-order valence-electron chi connectivity index (χ3n) is 2.75. The molecule has 0 fully saturated rings. The molecular weight excluding hydrogens is 275 g/mol. The van der Waals surface area contributed by atoms with Gasteiger partial charge in [0.05, 0.1) is 16.4 Å². The summed E-state index contributed by atoms with van der Waals surface area (Å²) in [5, 5.41) is 5.24. The van der Waals surface area contributed by atoms with Crippen molar-refractivity contribution in [2.24, 2.45) is 5.92 Å². The Morgan fingerprint density at radius 1 is 1.47 bits per heavy atom. The van der Waals surface area contributed by atoms with Gasteiger partial charge in [-0.15, -0.1) is 0 Å². The molecule has 0 saturated heterocycles. The molecule has 86 valence electrons. The molecule has 0 bridgehead atoms. The quantitative estimate of drug-likeness (QED) is 0.772. The summed E-state index contributed by atoms with van der Waals surface area (Å²) in [6.07, 6.45) is 0.972. The van der Waals surface area contributed by atoms with Crippen LogP contribution in [0.2, 0.25) is 5.02 Å². The zero-order valence-electron chi connectivity index (χ0n) is 9.72. The molecule has 2 atom stereocenters. The van der Waals surface area contributed by atoms with Crippen LogP contribution in [0.1, 0.15) is 32.2 Å². The van der Waals surface area contributed by atoms with Gasteiger partial charge in [-0.25, -0.2) is 0 Å². The Hall–Kier alpha value is -0.0200. The monoisotopic (exact) mass is 292 g/mol.